The average molecular weight is 382 g/mol. The van der Waals surface area contributed by atoms with Gasteiger partial charge in [0.25, 0.3) is 0 Å². The van der Waals surface area contributed by atoms with Gasteiger partial charge in [-0.05, 0) is 43.9 Å². The Morgan fingerprint density at radius 2 is 1.96 bits per heavy atom. The van der Waals surface area contributed by atoms with E-state index in [4.69, 9.17) is 4.99 Å². The first-order valence-electron chi connectivity index (χ1n) is 9.44. The molecule has 0 spiro atoms. The van der Waals surface area contributed by atoms with E-state index in [2.05, 4.69) is 10.6 Å². The lowest BCUT2D eigenvalue weighted by Crippen LogP contribution is -2.44. The van der Waals surface area contributed by atoms with E-state index in [1.807, 2.05) is 19.1 Å². The molecule has 7 heteroatoms. The SMILES string of the molecule is CCNC(=NCC1(c2ccc(F)cc2)CCCC1)NC1CCS(=O)(=O)C1. The third-order valence-electron chi connectivity index (χ3n) is 5.47. The Morgan fingerprint density at radius 3 is 2.54 bits per heavy atom. The van der Waals surface area contributed by atoms with Crippen LogP contribution in [-0.4, -0.2) is 45.0 Å². The highest BCUT2D eigenvalue weighted by Gasteiger charge is 2.36. The number of aliphatic imine (C=N–C) groups is 1. The molecule has 144 valence electrons. The molecule has 1 heterocycles. The number of guanidine groups is 1. The number of hydrogen-bond acceptors (Lipinski definition) is 3. The highest BCUT2D eigenvalue weighted by atomic mass is 32.2. The van der Waals surface area contributed by atoms with Crippen LogP contribution in [0.15, 0.2) is 29.3 Å². The van der Waals surface area contributed by atoms with Gasteiger partial charge in [-0.25, -0.2) is 12.8 Å². The predicted molar refractivity (Wildman–Crippen MR) is 103 cm³/mol. The first kappa shape index (κ1) is 19.1. The van der Waals surface area contributed by atoms with Crippen molar-refractivity contribution in [1.29, 1.82) is 0 Å². The van der Waals surface area contributed by atoms with Gasteiger partial charge >= 0.3 is 0 Å². The summed E-state index contributed by atoms with van der Waals surface area (Å²) in [7, 11) is -2.93. The molecule has 3 rings (SSSR count). The molecule has 1 saturated carbocycles. The Hall–Kier alpha value is -1.63. The largest absolute Gasteiger partial charge is 0.357 e. The molecule has 2 N–H and O–H groups in total. The maximum absolute atomic E-state index is 13.3. The molecule has 1 atom stereocenters. The Balaban J connectivity index is 1.75. The average Bonchev–Trinajstić information content (AvgIpc) is 3.21. The van der Waals surface area contributed by atoms with Crippen molar-refractivity contribution in [3.05, 3.63) is 35.6 Å². The minimum absolute atomic E-state index is 0.0577. The standard InChI is InChI=1S/C19H28FN3O2S/c1-2-21-18(23-17-9-12-26(24,25)13-17)22-14-19(10-3-4-11-19)15-5-7-16(20)8-6-15/h5-8,17H,2-4,9-14H2,1H3,(H2,21,22,23). The second-order valence-corrected chi connectivity index (χ2v) is 9.66. The molecule has 0 amide bonds. The fraction of sp³-hybridized carbons (Fsp3) is 0.632. The van der Waals surface area contributed by atoms with E-state index >= 15 is 0 Å². The van der Waals surface area contributed by atoms with E-state index in [9.17, 15) is 12.8 Å². The minimum Gasteiger partial charge on any atom is -0.357 e. The van der Waals surface area contributed by atoms with Crippen LogP contribution in [0.3, 0.4) is 0 Å². The molecule has 0 bridgehead atoms. The lowest BCUT2D eigenvalue weighted by Gasteiger charge is -2.28. The fourth-order valence-corrected chi connectivity index (χ4v) is 5.72. The summed E-state index contributed by atoms with van der Waals surface area (Å²) in [6.07, 6.45) is 5.00. The first-order valence-corrected chi connectivity index (χ1v) is 11.3. The molecule has 2 aliphatic rings. The van der Waals surface area contributed by atoms with E-state index in [-0.39, 0.29) is 28.8 Å². The Kier molecular flexibility index (Phi) is 5.85. The van der Waals surface area contributed by atoms with Gasteiger partial charge in [0.05, 0.1) is 18.1 Å². The second kappa shape index (κ2) is 7.94. The number of rotatable bonds is 5. The van der Waals surface area contributed by atoms with Crippen LogP contribution >= 0.6 is 0 Å². The molecule has 1 saturated heterocycles. The van der Waals surface area contributed by atoms with Crippen molar-refractivity contribution in [1.82, 2.24) is 10.6 Å². The highest BCUT2D eigenvalue weighted by Crippen LogP contribution is 2.41. The van der Waals surface area contributed by atoms with Gasteiger partial charge in [-0.3, -0.25) is 4.99 Å². The van der Waals surface area contributed by atoms with Gasteiger partial charge in [0, 0.05) is 18.0 Å². The van der Waals surface area contributed by atoms with Gasteiger partial charge in [-0.2, -0.15) is 0 Å². The first-order chi connectivity index (χ1) is 12.4. The summed E-state index contributed by atoms with van der Waals surface area (Å²) < 4.78 is 36.7. The summed E-state index contributed by atoms with van der Waals surface area (Å²) in [5.41, 5.74) is 1.08. The zero-order valence-electron chi connectivity index (χ0n) is 15.3. The maximum atomic E-state index is 13.3. The van der Waals surface area contributed by atoms with Crippen LogP contribution in [0, 0.1) is 5.82 Å². The number of benzene rings is 1. The zero-order valence-corrected chi connectivity index (χ0v) is 16.1. The molecule has 1 unspecified atom stereocenters. The van der Waals surface area contributed by atoms with Crippen LogP contribution in [0.4, 0.5) is 4.39 Å². The van der Waals surface area contributed by atoms with Gasteiger partial charge in [0.1, 0.15) is 5.82 Å². The van der Waals surface area contributed by atoms with Crippen LogP contribution in [0.1, 0.15) is 44.6 Å². The summed E-state index contributed by atoms with van der Waals surface area (Å²) in [5, 5.41) is 6.50. The topological polar surface area (TPSA) is 70.6 Å². The van der Waals surface area contributed by atoms with Crippen molar-refractivity contribution < 1.29 is 12.8 Å². The van der Waals surface area contributed by atoms with Crippen LogP contribution in [0.25, 0.3) is 0 Å². The number of halogens is 1. The van der Waals surface area contributed by atoms with Gasteiger partial charge in [-0.15, -0.1) is 0 Å². The minimum atomic E-state index is -2.93. The number of nitrogens with one attached hydrogen (secondary N) is 2. The summed E-state index contributed by atoms with van der Waals surface area (Å²) in [6, 6.07) is 6.71. The third kappa shape index (κ3) is 4.55. The molecular formula is C19H28FN3O2S. The summed E-state index contributed by atoms with van der Waals surface area (Å²) in [5.74, 6) is 0.857. The van der Waals surface area contributed by atoms with Crippen molar-refractivity contribution >= 4 is 15.8 Å². The maximum Gasteiger partial charge on any atom is 0.191 e. The van der Waals surface area contributed by atoms with Gasteiger partial charge < -0.3 is 10.6 Å². The van der Waals surface area contributed by atoms with E-state index < -0.39 is 9.84 Å². The molecule has 5 nitrogen and oxygen atoms in total. The van der Waals surface area contributed by atoms with E-state index in [0.717, 1.165) is 37.8 Å². The number of sulfone groups is 1. The zero-order chi connectivity index (χ0) is 18.6. The Labute approximate surface area is 155 Å². The van der Waals surface area contributed by atoms with Crippen LogP contribution in [0.2, 0.25) is 0 Å². The Bertz CT molecular complexity index is 741. The number of hydrogen-bond donors (Lipinski definition) is 2. The van der Waals surface area contributed by atoms with Gasteiger partial charge in [0.15, 0.2) is 15.8 Å². The molecule has 2 fully saturated rings. The van der Waals surface area contributed by atoms with Crippen molar-refractivity contribution in [2.24, 2.45) is 4.99 Å². The van der Waals surface area contributed by atoms with E-state index in [1.165, 1.54) is 12.1 Å². The fourth-order valence-electron chi connectivity index (χ4n) is 4.05. The van der Waals surface area contributed by atoms with Crippen molar-refractivity contribution in [3.8, 4) is 0 Å². The smallest absolute Gasteiger partial charge is 0.191 e. The van der Waals surface area contributed by atoms with E-state index in [0.29, 0.717) is 18.9 Å². The molecule has 1 aliphatic carbocycles. The normalized spacial score (nSPS) is 24.5. The van der Waals surface area contributed by atoms with Crippen molar-refractivity contribution in [2.45, 2.75) is 50.5 Å². The van der Waals surface area contributed by atoms with Crippen LogP contribution < -0.4 is 10.6 Å². The molecule has 26 heavy (non-hydrogen) atoms. The summed E-state index contributed by atoms with van der Waals surface area (Å²) >= 11 is 0. The predicted octanol–water partition coefficient (Wildman–Crippen LogP) is 2.38. The van der Waals surface area contributed by atoms with Crippen LogP contribution in [0.5, 0.6) is 0 Å². The van der Waals surface area contributed by atoms with E-state index in [1.54, 1.807) is 0 Å². The highest BCUT2D eigenvalue weighted by molar-refractivity contribution is 7.91. The molecule has 1 aliphatic heterocycles. The quantitative estimate of drug-likeness (QED) is 0.607. The number of nitrogens with zero attached hydrogens (tertiary/aromatic N) is 1. The second-order valence-electron chi connectivity index (χ2n) is 7.43. The van der Waals surface area contributed by atoms with Crippen molar-refractivity contribution in [3.63, 3.8) is 0 Å². The molecule has 1 aromatic rings. The van der Waals surface area contributed by atoms with Crippen molar-refractivity contribution in [2.75, 3.05) is 24.6 Å². The monoisotopic (exact) mass is 381 g/mol. The third-order valence-corrected chi connectivity index (χ3v) is 7.24. The van der Waals surface area contributed by atoms with Gasteiger partial charge in [-0.1, -0.05) is 25.0 Å². The molecule has 0 radical (unpaired) electrons. The van der Waals surface area contributed by atoms with Crippen LogP contribution in [-0.2, 0) is 15.3 Å². The van der Waals surface area contributed by atoms with Gasteiger partial charge in [0.2, 0.25) is 0 Å². The summed E-state index contributed by atoms with van der Waals surface area (Å²) in [4.78, 5) is 4.78. The lowest BCUT2D eigenvalue weighted by atomic mass is 9.79. The Morgan fingerprint density at radius 1 is 1.27 bits per heavy atom. The molecule has 0 aromatic heterocycles. The lowest BCUT2D eigenvalue weighted by molar-refractivity contribution is 0.451. The molecular weight excluding hydrogens is 353 g/mol. The molecule has 1 aromatic carbocycles. The summed E-state index contributed by atoms with van der Waals surface area (Å²) in [6.45, 7) is 3.33.